The molecule has 230 valence electrons. The highest BCUT2D eigenvalue weighted by Gasteiger charge is 2.33. The monoisotopic (exact) mass is 609 g/mol. The molecule has 0 aromatic heterocycles. The number of hydrogen-bond acceptors (Lipinski definition) is 7. The van der Waals surface area contributed by atoms with Crippen LogP contribution in [0, 0.1) is 0 Å². The quantitative estimate of drug-likeness (QED) is 0.231. The number of ether oxygens (including phenoxy) is 2. The van der Waals surface area contributed by atoms with Crippen molar-refractivity contribution < 1.29 is 32.3 Å². The van der Waals surface area contributed by atoms with Crippen LogP contribution in [0.2, 0.25) is 0 Å². The average Bonchev–Trinajstić information content (AvgIpc) is 3.01. The summed E-state index contributed by atoms with van der Waals surface area (Å²) >= 11 is 0. The van der Waals surface area contributed by atoms with Crippen molar-refractivity contribution >= 4 is 28.0 Å². The molecule has 10 nitrogen and oxygen atoms in total. The molecule has 3 unspecified atom stereocenters. The average molecular weight is 610 g/mol. The fourth-order valence-corrected chi connectivity index (χ4v) is 6.08. The largest absolute Gasteiger partial charge is 0.465 e. The minimum Gasteiger partial charge on any atom is -0.465 e. The smallest absolute Gasteiger partial charge is 0.407 e. The molecule has 3 N–H and O–H groups in total. The molecule has 2 amide bonds. The summed E-state index contributed by atoms with van der Waals surface area (Å²) in [5, 5.41) is 5.73. The lowest BCUT2D eigenvalue weighted by Gasteiger charge is -2.29. The van der Waals surface area contributed by atoms with Gasteiger partial charge in [-0.25, -0.2) is 22.7 Å². The molecule has 0 aliphatic carbocycles. The first-order chi connectivity index (χ1) is 20.6. The molecule has 0 spiro atoms. The van der Waals surface area contributed by atoms with E-state index >= 15 is 0 Å². The van der Waals surface area contributed by atoms with Crippen molar-refractivity contribution in [1.82, 2.24) is 15.4 Å². The van der Waals surface area contributed by atoms with Gasteiger partial charge in [-0.15, -0.1) is 0 Å². The van der Waals surface area contributed by atoms with Crippen LogP contribution in [0.15, 0.2) is 89.8 Å². The molecule has 0 saturated heterocycles. The Morgan fingerprint density at radius 3 is 1.77 bits per heavy atom. The summed E-state index contributed by atoms with van der Waals surface area (Å²) in [4.78, 5) is 37.6. The number of esters is 1. The summed E-state index contributed by atoms with van der Waals surface area (Å²) < 4.78 is 37.7. The maximum Gasteiger partial charge on any atom is 0.407 e. The summed E-state index contributed by atoms with van der Waals surface area (Å²) in [6, 6.07) is 22.9. The topological polar surface area (TPSA) is 140 Å². The van der Waals surface area contributed by atoms with Crippen molar-refractivity contribution in [2.45, 2.75) is 62.0 Å². The van der Waals surface area contributed by atoms with Gasteiger partial charge in [0.1, 0.15) is 6.04 Å². The summed E-state index contributed by atoms with van der Waals surface area (Å²) in [6.07, 6.45) is 1.02. The molecule has 0 heterocycles. The van der Waals surface area contributed by atoms with Crippen molar-refractivity contribution in [2.24, 2.45) is 0 Å². The Balaban J connectivity index is 1.62. The number of methoxy groups -OCH3 is 2. The van der Waals surface area contributed by atoms with Gasteiger partial charge in [-0.2, -0.15) is 0 Å². The van der Waals surface area contributed by atoms with E-state index in [0.717, 1.165) is 11.1 Å². The highest BCUT2D eigenvalue weighted by atomic mass is 32.2. The fourth-order valence-electron chi connectivity index (χ4n) is 4.80. The minimum atomic E-state index is -3.79. The van der Waals surface area contributed by atoms with Gasteiger partial charge in [0.25, 0.3) is 0 Å². The zero-order valence-electron chi connectivity index (χ0n) is 24.8. The van der Waals surface area contributed by atoms with Crippen molar-refractivity contribution in [3.05, 3.63) is 102 Å². The molecular weight excluding hydrogens is 570 g/mol. The lowest BCUT2D eigenvalue weighted by molar-refractivity contribution is -0.124. The van der Waals surface area contributed by atoms with E-state index in [0.29, 0.717) is 19.3 Å². The Kier molecular flexibility index (Phi) is 12.3. The SMILES string of the molecule is COC(=O)NC(C(=O)NC(C)CCCC(C)NS(=O)(=O)c1ccc(C(=O)OC)cc1)C(c1ccccc1)c1ccccc1. The van der Waals surface area contributed by atoms with E-state index in [1.54, 1.807) is 6.92 Å². The van der Waals surface area contributed by atoms with Crippen LogP contribution in [0.25, 0.3) is 0 Å². The van der Waals surface area contributed by atoms with Crippen LogP contribution in [-0.2, 0) is 24.3 Å². The van der Waals surface area contributed by atoms with Gasteiger partial charge >= 0.3 is 12.1 Å². The number of carbonyl (C=O) groups excluding carboxylic acids is 3. The number of carbonyl (C=O) groups is 3. The van der Waals surface area contributed by atoms with Crippen LogP contribution in [0.4, 0.5) is 4.79 Å². The third kappa shape index (κ3) is 9.65. The van der Waals surface area contributed by atoms with Gasteiger partial charge in [0, 0.05) is 18.0 Å². The molecule has 43 heavy (non-hydrogen) atoms. The Morgan fingerprint density at radius 2 is 1.26 bits per heavy atom. The zero-order valence-corrected chi connectivity index (χ0v) is 25.6. The van der Waals surface area contributed by atoms with Gasteiger partial charge < -0.3 is 20.1 Å². The summed E-state index contributed by atoms with van der Waals surface area (Å²) in [5.74, 6) is -1.38. The van der Waals surface area contributed by atoms with Crippen molar-refractivity contribution in [3.8, 4) is 0 Å². The molecule has 0 aliphatic rings. The van der Waals surface area contributed by atoms with Gasteiger partial charge in [0.05, 0.1) is 24.7 Å². The Labute approximate surface area is 253 Å². The molecule has 11 heteroatoms. The van der Waals surface area contributed by atoms with E-state index in [9.17, 15) is 22.8 Å². The van der Waals surface area contributed by atoms with Crippen molar-refractivity contribution in [1.29, 1.82) is 0 Å². The molecule has 0 fully saturated rings. The van der Waals surface area contributed by atoms with Crippen LogP contribution in [-0.4, -0.2) is 58.7 Å². The Morgan fingerprint density at radius 1 is 0.721 bits per heavy atom. The Bertz CT molecular complexity index is 1410. The van der Waals surface area contributed by atoms with Crippen LogP contribution in [0.5, 0.6) is 0 Å². The van der Waals surface area contributed by atoms with Gasteiger partial charge in [0.15, 0.2) is 0 Å². The van der Waals surface area contributed by atoms with Crippen LogP contribution in [0.1, 0.15) is 60.5 Å². The molecule has 0 radical (unpaired) electrons. The van der Waals surface area contributed by atoms with Gasteiger partial charge in [0.2, 0.25) is 15.9 Å². The number of amides is 2. The van der Waals surface area contributed by atoms with Gasteiger partial charge in [-0.1, -0.05) is 60.7 Å². The lowest BCUT2D eigenvalue weighted by atomic mass is 9.84. The number of hydrogen-bond donors (Lipinski definition) is 3. The number of nitrogens with one attached hydrogen (secondary N) is 3. The molecule has 0 saturated carbocycles. The van der Waals surface area contributed by atoms with Gasteiger partial charge in [-0.05, 0) is 68.5 Å². The Hall–Kier alpha value is -4.22. The molecule has 3 atom stereocenters. The summed E-state index contributed by atoms with van der Waals surface area (Å²) in [5.41, 5.74) is 1.98. The van der Waals surface area contributed by atoms with E-state index in [2.05, 4.69) is 20.1 Å². The second kappa shape index (κ2) is 15.9. The van der Waals surface area contributed by atoms with E-state index in [1.807, 2.05) is 67.6 Å². The molecule has 3 aromatic rings. The molecule has 0 bridgehead atoms. The standard InChI is InChI=1S/C32H39N3O7S/c1-22(12-11-13-23(2)35-43(39,40)27-20-18-26(19-21-27)31(37)41-3)33-30(36)29(34-32(38)42-4)28(24-14-7-5-8-15-24)25-16-9-6-10-17-25/h5-10,14-23,28-29,35H,11-13H2,1-4H3,(H,33,36)(H,34,38). The first-order valence-electron chi connectivity index (χ1n) is 14.0. The van der Waals surface area contributed by atoms with Crippen LogP contribution in [0.3, 0.4) is 0 Å². The number of alkyl carbamates (subject to hydrolysis) is 1. The van der Waals surface area contributed by atoms with Crippen molar-refractivity contribution in [3.63, 3.8) is 0 Å². The second-order valence-corrected chi connectivity index (χ2v) is 12.0. The maximum atomic E-state index is 13.6. The fraction of sp³-hybridized carbons (Fsp3) is 0.344. The highest BCUT2D eigenvalue weighted by Crippen LogP contribution is 2.28. The van der Waals surface area contributed by atoms with E-state index < -0.39 is 34.0 Å². The van der Waals surface area contributed by atoms with Gasteiger partial charge in [-0.3, -0.25) is 4.79 Å². The number of sulfonamides is 1. The zero-order chi connectivity index (χ0) is 31.4. The maximum absolute atomic E-state index is 13.6. The lowest BCUT2D eigenvalue weighted by Crippen LogP contribution is -2.52. The second-order valence-electron chi connectivity index (χ2n) is 10.3. The molecule has 3 rings (SSSR count). The predicted molar refractivity (Wildman–Crippen MR) is 163 cm³/mol. The summed E-state index contributed by atoms with van der Waals surface area (Å²) in [6.45, 7) is 3.63. The third-order valence-electron chi connectivity index (χ3n) is 7.00. The van der Waals surface area contributed by atoms with E-state index in [4.69, 9.17) is 4.74 Å². The molecular formula is C32H39N3O7S. The summed E-state index contributed by atoms with van der Waals surface area (Å²) in [7, 11) is -1.28. The first-order valence-corrected chi connectivity index (χ1v) is 15.5. The normalized spacial score (nSPS) is 13.4. The molecule has 0 aliphatic heterocycles. The predicted octanol–water partition coefficient (Wildman–Crippen LogP) is 4.37. The van der Waals surface area contributed by atoms with E-state index in [1.165, 1.54) is 38.5 Å². The highest BCUT2D eigenvalue weighted by molar-refractivity contribution is 7.89. The first kappa shape index (κ1) is 33.3. The van der Waals surface area contributed by atoms with Crippen molar-refractivity contribution in [2.75, 3.05) is 14.2 Å². The third-order valence-corrected chi connectivity index (χ3v) is 8.60. The van der Waals surface area contributed by atoms with E-state index in [-0.39, 0.29) is 28.4 Å². The number of benzene rings is 3. The van der Waals surface area contributed by atoms with Crippen LogP contribution < -0.4 is 15.4 Å². The van der Waals surface area contributed by atoms with Crippen LogP contribution >= 0.6 is 0 Å². The molecule has 3 aromatic carbocycles. The minimum absolute atomic E-state index is 0.0446. The number of rotatable bonds is 14.